The first kappa shape index (κ1) is 9.61. The first-order valence-corrected chi connectivity index (χ1v) is 5.59. The Morgan fingerprint density at radius 2 is 2.36 bits per heavy atom. The normalized spacial score (nSPS) is 10.4. The molecule has 0 amide bonds. The summed E-state index contributed by atoms with van der Waals surface area (Å²) >= 11 is 4.98. The van der Waals surface area contributed by atoms with Crippen molar-refractivity contribution in [2.75, 3.05) is 0 Å². The average Bonchev–Trinajstić information content (AvgIpc) is 2.70. The fourth-order valence-corrected chi connectivity index (χ4v) is 2.44. The second-order valence-electron chi connectivity index (χ2n) is 2.81. The molecule has 0 saturated carbocycles. The van der Waals surface area contributed by atoms with E-state index in [-0.39, 0.29) is 5.78 Å². The van der Waals surface area contributed by atoms with E-state index in [0.717, 1.165) is 14.4 Å². The monoisotopic (exact) mass is 270 g/mol. The van der Waals surface area contributed by atoms with Crippen molar-refractivity contribution in [2.45, 2.75) is 6.92 Å². The Labute approximate surface area is 93.3 Å². The number of hydrogen-bond acceptors (Lipinski definition) is 3. The Kier molecular flexibility index (Phi) is 2.52. The van der Waals surface area contributed by atoms with Crippen molar-refractivity contribution in [3.05, 3.63) is 27.9 Å². The minimum Gasteiger partial charge on any atom is -0.335 e. The molecule has 0 aliphatic heterocycles. The van der Waals surface area contributed by atoms with Crippen molar-refractivity contribution in [2.24, 2.45) is 0 Å². The maximum Gasteiger partial charge on any atom is 0.194 e. The summed E-state index contributed by atoms with van der Waals surface area (Å²) < 4.78 is 1.06. The number of H-pyrrole nitrogens is 1. The van der Waals surface area contributed by atoms with Gasteiger partial charge in [-0.3, -0.25) is 4.79 Å². The van der Waals surface area contributed by atoms with Crippen LogP contribution in [0.1, 0.15) is 17.5 Å². The number of Topliss-reactive ketones (excluding diaryl/α,β-unsaturated/α-hetero) is 1. The summed E-state index contributed by atoms with van der Waals surface area (Å²) in [6.07, 6.45) is 1.68. The second kappa shape index (κ2) is 3.67. The summed E-state index contributed by atoms with van der Waals surface area (Å²) in [4.78, 5) is 19.0. The minimum absolute atomic E-state index is 0.0492. The molecule has 0 saturated heterocycles. The van der Waals surface area contributed by atoms with Gasteiger partial charge in [-0.05, 0) is 28.1 Å². The van der Waals surface area contributed by atoms with Gasteiger partial charge in [-0.1, -0.05) is 0 Å². The van der Waals surface area contributed by atoms with Gasteiger partial charge in [-0.15, -0.1) is 11.3 Å². The zero-order valence-corrected chi connectivity index (χ0v) is 9.78. The highest BCUT2D eigenvalue weighted by molar-refractivity contribution is 9.11. The van der Waals surface area contributed by atoms with Gasteiger partial charge in [0.2, 0.25) is 0 Å². The molecule has 0 radical (unpaired) electrons. The van der Waals surface area contributed by atoms with Crippen LogP contribution in [0.15, 0.2) is 22.1 Å². The predicted octanol–water partition coefficient (Wildman–Crippen LogP) is 3.10. The summed E-state index contributed by atoms with van der Waals surface area (Å²) in [7, 11) is 0. The van der Waals surface area contributed by atoms with E-state index in [4.69, 9.17) is 0 Å². The summed E-state index contributed by atoms with van der Waals surface area (Å²) in [5.41, 5.74) is 0.880. The molecule has 2 rings (SSSR count). The van der Waals surface area contributed by atoms with E-state index >= 15 is 0 Å². The first-order valence-electron chi connectivity index (χ1n) is 3.98. The summed E-state index contributed by atoms with van der Waals surface area (Å²) in [6.45, 7) is 1.49. The van der Waals surface area contributed by atoms with Gasteiger partial charge in [0.05, 0.1) is 20.6 Å². The van der Waals surface area contributed by atoms with E-state index in [9.17, 15) is 4.79 Å². The molecule has 0 bridgehead atoms. The van der Waals surface area contributed by atoms with Crippen LogP contribution in [0.5, 0.6) is 0 Å². The Balaban J connectivity index is 2.38. The SMILES string of the molecule is CC(=O)c1ncc(-c2ccc(Br)s2)[nH]1. The van der Waals surface area contributed by atoms with Crippen molar-refractivity contribution >= 4 is 33.0 Å². The van der Waals surface area contributed by atoms with Crippen LogP contribution in [-0.4, -0.2) is 15.8 Å². The third kappa shape index (κ3) is 1.78. The van der Waals surface area contributed by atoms with Gasteiger partial charge < -0.3 is 4.98 Å². The lowest BCUT2D eigenvalue weighted by Crippen LogP contribution is -1.93. The molecule has 5 heteroatoms. The molecule has 0 aliphatic carbocycles. The van der Waals surface area contributed by atoms with Gasteiger partial charge in [-0.2, -0.15) is 0 Å². The fraction of sp³-hybridized carbons (Fsp3) is 0.111. The molecular weight excluding hydrogens is 264 g/mol. The maximum atomic E-state index is 11.0. The van der Waals surface area contributed by atoms with E-state index in [1.807, 2.05) is 12.1 Å². The van der Waals surface area contributed by atoms with Crippen molar-refractivity contribution < 1.29 is 4.79 Å². The van der Waals surface area contributed by atoms with Crippen molar-refractivity contribution in [1.29, 1.82) is 0 Å². The number of aromatic amines is 1. The standard InChI is InChI=1S/C9H7BrN2OS/c1-5(13)9-11-4-6(12-9)7-2-3-8(10)14-7/h2-4H,1H3,(H,11,12). The Hall–Kier alpha value is -0.940. The number of aromatic nitrogens is 2. The molecule has 0 fully saturated rings. The lowest BCUT2D eigenvalue weighted by atomic mass is 10.4. The van der Waals surface area contributed by atoms with Crippen molar-refractivity contribution in [3.8, 4) is 10.6 Å². The van der Waals surface area contributed by atoms with Crippen LogP contribution < -0.4 is 0 Å². The predicted molar refractivity (Wildman–Crippen MR) is 59.6 cm³/mol. The number of thiophene rings is 1. The third-order valence-electron chi connectivity index (χ3n) is 1.75. The topological polar surface area (TPSA) is 45.8 Å². The average molecular weight is 271 g/mol. The number of carbonyl (C=O) groups is 1. The number of imidazole rings is 1. The number of halogens is 1. The molecule has 2 heterocycles. The van der Waals surface area contributed by atoms with Gasteiger partial charge in [0.15, 0.2) is 11.6 Å². The maximum absolute atomic E-state index is 11.0. The van der Waals surface area contributed by atoms with E-state index in [1.165, 1.54) is 6.92 Å². The molecule has 1 N–H and O–H groups in total. The van der Waals surface area contributed by atoms with Gasteiger partial charge in [0.25, 0.3) is 0 Å². The molecule has 14 heavy (non-hydrogen) atoms. The van der Waals surface area contributed by atoms with Gasteiger partial charge in [0, 0.05) is 6.92 Å². The van der Waals surface area contributed by atoms with Crippen LogP contribution in [0.4, 0.5) is 0 Å². The molecule has 0 aromatic carbocycles. The van der Waals surface area contributed by atoms with Gasteiger partial charge in [-0.25, -0.2) is 4.98 Å². The fourth-order valence-electron chi connectivity index (χ4n) is 1.08. The lowest BCUT2D eigenvalue weighted by molar-refractivity contribution is 0.100. The number of rotatable bonds is 2. The molecular formula is C9H7BrN2OS. The zero-order chi connectivity index (χ0) is 10.1. The Morgan fingerprint density at radius 1 is 1.57 bits per heavy atom. The molecule has 2 aromatic rings. The quantitative estimate of drug-likeness (QED) is 0.853. The van der Waals surface area contributed by atoms with E-state index in [1.54, 1.807) is 17.5 Å². The molecule has 3 nitrogen and oxygen atoms in total. The van der Waals surface area contributed by atoms with Crippen LogP contribution in [0.2, 0.25) is 0 Å². The minimum atomic E-state index is -0.0492. The molecule has 0 spiro atoms. The molecule has 2 aromatic heterocycles. The number of ketones is 1. The zero-order valence-electron chi connectivity index (χ0n) is 7.37. The summed E-state index contributed by atoms with van der Waals surface area (Å²) in [5.74, 6) is 0.358. The molecule has 0 aliphatic rings. The highest BCUT2D eigenvalue weighted by Crippen LogP contribution is 2.29. The summed E-state index contributed by atoms with van der Waals surface area (Å²) in [5, 5.41) is 0. The van der Waals surface area contributed by atoms with Crippen LogP contribution in [-0.2, 0) is 0 Å². The number of nitrogens with one attached hydrogen (secondary N) is 1. The van der Waals surface area contributed by atoms with E-state index in [2.05, 4.69) is 25.9 Å². The van der Waals surface area contributed by atoms with E-state index < -0.39 is 0 Å². The van der Waals surface area contributed by atoms with E-state index in [0.29, 0.717) is 5.82 Å². The van der Waals surface area contributed by atoms with Crippen LogP contribution in [0, 0.1) is 0 Å². The van der Waals surface area contributed by atoms with Crippen LogP contribution in [0.3, 0.4) is 0 Å². The van der Waals surface area contributed by atoms with Crippen LogP contribution >= 0.6 is 27.3 Å². The summed E-state index contributed by atoms with van der Waals surface area (Å²) in [6, 6.07) is 3.94. The molecule has 72 valence electrons. The van der Waals surface area contributed by atoms with Crippen molar-refractivity contribution in [1.82, 2.24) is 9.97 Å². The molecule has 0 unspecified atom stereocenters. The smallest absolute Gasteiger partial charge is 0.194 e. The first-order chi connectivity index (χ1) is 6.66. The molecule has 0 atom stereocenters. The Morgan fingerprint density at radius 3 is 2.86 bits per heavy atom. The number of hydrogen-bond donors (Lipinski definition) is 1. The van der Waals surface area contributed by atoms with Crippen LogP contribution in [0.25, 0.3) is 10.6 Å². The highest BCUT2D eigenvalue weighted by Gasteiger charge is 2.07. The third-order valence-corrected chi connectivity index (χ3v) is 3.40. The number of nitrogens with zero attached hydrogens (tertiary/aromatic N) is 1. The van der Waals surface area contributed by atoms with Crippen molar-refractivity contribution in [3.63, 3.8) is 0 Å². The highest BCUT2D eigenvalue weighted by atomic mass is 79.9. The lowest BCUT2D eigenvalue weighted by Gasteiger charge is -1.88. The number of carbonyl (C=O) groups excluding carboxylic acids is 1. The van der Waals surface area contributed by atoms with Gasteiger partial charge >= 0.3 is 0 Å². The Bertz CT molecular complexity index is 475. The largest absolute Gasteiger partial charge is 0.335 e. The van der Waals surface area contributed by atoms with Gasteiger partial charge in [0.1, 0.15) is 0 Å². The second-order valence-corrected chi connectivity index (χ2v) is 5.27.